The Bertz CT molecular complexity index is 1610. The van der Waals surface area contributed by atoms with E-state index in [9.17, 15) is 19.1 Å². The van der Waals surface area contributed by atoms with Gasteiger partial charge in [0.15, 0.2) is 0 Å². The molecule has 49 heavy (non-hydrogen) atoms. The molecule has 0 radical (unpaired) electrons. The SMILES string of the molecule is CCOCCOCCOC(=O)NCCN(Cc1cc(F)c(N=[N+]=[N-])c(N=[N+]=[N-])c1)C(=O)CCCC[C@H](O)COc1cccc2ccccc12. The van der Waals surface area contributed by atoms with Crippen LogP contribution in [0, 0.1) is 5.82 Å². The fourth-order valence-corrected chi connectivity index (χ4v) is 4.82. The lowest BCUT2D eigenvalue weighted by atomic mass is 10.1. The highest BCUT2D eigenvalue weighted by Gasteiger charge is 2.18. The topological polar surface area (TPSA) is 204 Å². The number of benzene rings is 3. The summed E-state index contributed by atoms with van der Waals surface area (Å²) in [5.41, 5.74) is 17.2. The smallest absolute Gasteiger partial charge is 0.407 e. The molecule has 0 unspecified atom stereocenters. The van der Waals surface area contributed by atoms with Crippen LogP contribution in [-0.2, 0) is 25.5 Å². The molecule has 0 heterocycles. The summed E-state index contributed by atoms with van der Waals surface area (Å²) >= 11 is 0. The van der Waals surface area contributed by atoms with Crippen molar-refractivity contribution in [2.75, 3.05) is 52.7 Å². The Balaban J connectivity index is 1.54. The third-order valence-corrected chi connectivity index (χ3v) is 7.17. The number of ether oxygens (including phenoxy) is 4. The fourth-order valence-electron chi connectivity index (χ4n) is 4.82. The number of carbonyl (C=O) groups excluding carboxylic acids is 2. The van der Waals surface area contributed by atoms with Gasteiger partial charge in [-0.1, -0.05) is 53.0 Å². The number of hydrogen-bond donors (Lipinski definition) is 2. The van der Waals surface area contributed by atoms with Crippen LogP contribution in [0.1, 0.15) is 38.2 Å². The number of aliphatic hydroxyl groups is 1. The van der Waals surface area contributed by atoms with Crippen molar-refractivity contribution in [1.82, 2.24) is 10.2 Å². The largest absolute Gasteiger partial charge is 0.490 e. The Hall–Kier alpha value is -5.11. The molecule has 0 saturated carbocycles. The molecule has 0 bridgehead atoms. The number of fused-ring (bicyclic) bond motifs is 1. The summed E-state index contributed by atoms with van der Waals surface area (Å²) in [5.74, 6) is -0.530. The molecular formula is C33H41FN8O7. The summed E-state index contributed by atoms with van der Waals surface area (Å²) in [6.45, 7) is 3.58. The lowest BCUT2D eigenvalue weighted by Gasteiger charge is -2.24. The minimum atomic E-state index is -0.921. The molecular weight excluding hydrogens is 639 g/mol. The number of nitrogens with one attached hydrogen (secondary N) is 1. The highest BCUT2D eigenvalue weighted by molar-refractivity contribution is 5.88. The highest BCUT2D eigenvalue weighted by atomic mass is 19.1. The predicted molar refractivity (Wildman–Crippen MR) is 180 cm³/mol. The van der Waals surface area contributed by atoms with E-state index in [0.29, 0.717) is 44.8 Å². The van der Waals surface area contributed by atoms with Crippen molar-refractivity contribution in [1.29, 1.82) is 0 Å². The highest BCUT2D eigenvalue weighted by Crippen LogP contribution is 2.33. The van der Waals surface area contributed by atoms with Crippen molar-refractivity contribution in [2.24, 2.45) is 10.2 Å². The third-order valence-electron chi connectivity index (χ3n) is 7.17. The molecule has 0 aliphatic rings. The quantitative estimate of drug-likeness (QED) is 0.0493. The lowest BCUT2D eigenvalue weighted by Crippen LogP contribution is -2.38. The third kappa shape index (κ3) is 13.5. The maximum atomic E-state index is 14.8. The number of carbonyl (C=O) groups is 2. The molecule has 0 aliphatic heterocycles. The Morgan fingerprint density at radius 2 is 1.76 bits per heavy atom. The number of azide groups is 2. The number of unbranched alkanes of at least 4 members (excludes halogenated alkanes) is 1. The van der Waals surface area contributed by atoms with Crippen LogP contribution in [0.4, 0.5) is 20.6 Å². The van der Waals surface area contributed by atoms with Gasteiger partial charge in [0.05, 0.1) is 37.3 Å². The van der Waals surface area contributed by atoms with Gasteiger partial charge in [0.25, 0.3) is 0 Å². The van der Waals surface area contributed by atoms with Gasteiger partial charge < -0.3 is 34.3 Å². The van der Waals surface area contributed by atoms with E-state index in [4.69, 9.17) is 30.0 Å². The van der Waals surface area contributed by atoms with Gasteiger partial charge >= 0.3 is 6.09 Å². The Labute approximate surface area is 283 Å². The molecule has 2 N–H and O–H groups in total. The number of amides is 2. The molecule has 15 nitrogen and oxygen atoms in total. The normalized spacial score (nSPS) is 11.2. The molecule has 0 saturated heterocycles. The van der Waals surface area contributed by atoms with Crippen LogP contribution in [-0.4, -0.2) is 80.8 Å². The number of hydrogen-bond acceptors (Lipinski definition) is 9. The van der Waals surface area contributed by atoms with Crippen LogP contribution in [0.15, 0.2) is 64.8 Å². The molecule has 16 heteroatoms. The van der Waals surface area contributed by atoms with Gasteiger partial charge in [-0.25, -0.2) is 9.18 Å². The van der Waals surface area contributed by atoms with E-state index in [-0.39, 0.29) is 63.0 Å². The summed E-state index contributed by atoms with van der Waals surface area (Å²) in [4.78, 5) is 32.1. The summed E-state index contributed by atoms with van der Waals surface area (Å²) in [5, 5.41) is 21.8. The first-order valence-electron chi connectivity index (χ1n) is 15.9. The molecule has 3 aromatic rings. The zero-order chi connectivity index (χ0) is 35.3. The second-order valence-electron chi connectivity index (χ2n) is 10.7. The van der Waals surface area contributed by atoms with Gasteiger partial charge in [0.2, 0.25) is 5.91 Å². The number of nitrogens with zero attached hydrogens (tertiary/aromatic N) is 7. The van der Waals surface area contributed by atoms with E-state index >= 15 is 0 Å². The van der Waals surface area contributed by atoms with Crippen molar-refractivity contribution in [3.8, 4) is 5.75 Å². The molecule has 0 aromatic heterocycles. The number of aliphatic hydroxyl groups excluding tert-OH is 1. The van der Waals surface area contributed by atoms with Crippen LogP contribution in [0.2, 0.25) is 0 Å². The molecule has 1 atom stereocenters. The second kappa shape index (κ2) is 21.7. The van der Waals surface area contributed by atoms with Crippen LogP contribution in [0.3, 0.4) is 0 Å². The van der Waals surface area contributed by atoms with Gasteiger partial charge in [-0.2, -0.15) is 0 Å². The van der Waals surface area contributed by atoms with Crippen LogP contribution >= 0.6 is 0 Å². The van der Waals surface area contributed by atoms with E-state index in [0.717, 1.165) is 16.8 Å². The number of alkyl carbamates (subject to hydrolysis) is 1. The van der Waals surface area contributed by atoms with E-state index < -0.39 is 23.7 Å². The summed E-state index contributed by atoms with van der Waals surface area (Å²) in [6.07, 6.45) is 0.0646. The van der Waals surface area contributed by atoms with Crippen molar-refractivity contribution in [3.05, 3.63) is 86.9 Å². The maximum Gasteiger partial charge on any atom is 0.407 e. The van der Waals surface area contributed by atoms with Crippen LogP contribution < -0.4 is 10.1 Å². The Kier molecular flexibility index (Phi) is 17.0. The van der Waals surface area contributed by atoms with Gasteiger partial charge in [0, 0.05) is 47.9 Å². The van der Waals surface area contributed by atoms with E-state index in [1.54, 1.807) is 0 Å². The summed E-state index contributed by atoms with van der Waals surface area (Å²) < 4.78 is 36.2. The Morgan fingerprint density at radius 1 is 1.00 bits per heavy atom. The fraction of sp³-hybridized carbons (Fsp3) is 0.455. The van der Waals surface area contributed by atoms with Crippen molar-refractivity contribution >= 4 is 34.1 Å². The minimum absolute atomic E-state index is 0.0262. The zero-order valence-corrected chi connectivity index (χ0v) is 27.4. The molecule has 262 valence electrons. The predicted octanol–water partition coefficient (Wildman–Crippen LogP) is 6.97. The number of rotatable bonds is 22. The molecule has 0 fully saturated rings. The van der Waals surface area contributed by atoms with Gasteiger partial charge in [0.1, 0.15) is 24.8 Å². The summed E-state index contributed by atoms with van der Waals surface area (Å²) in [7, 11) is 0. The second-order valence-corrected chi connectivity index (χ2v) is 10.7. The van der Waals surface area contributed by atoms with Crippen LogP contribution in [0.5, 0.6) is 5.75 Å². The monoisotopic (exact) mass is 680 g/mol. The van der Waals surface area contributed by atoms with Gasteiger partial charge in [-0.05, 0) is 60.0 Å². The average Bonchev–Trinajstić information content (AvgIpc) is 3.10. The Morgan fingerprint density at radius 3 is 2.55 bits per heavy atom. The van der Waals surface area contributed by atoms with Gasteiger partial charge in [-0.3, -0.25) is 4.79 Å². The zero-order valence-electron chi connectivity index (χ0n) is 27.4. The van der Waals surface area contributed by atoms with Crippen molar-refractivity contribution in [2.45, 2.75) is 45.3 Å². The average molecular weight is 681 g/mol. The van der Waals surface area contributed by atoms with Crippen LogP contribution in [0.25, 0.3) is 31.7 Å². The molecule has 2 amide bonds. The van der Waals surface area contributed by atoms with E-state index in [2.05, 4.69) is 25.4 Å². The summed E-state index contributed by atoms with van der Waals surface area (Å²) in [6, 6.07) is 15.9. The molecule has 3 aromatic carbocycles. The first-order valence-corrected chi connectivity index (χ1v) is 15.9. The minimum Gasteiger partial charge on any atom is -0.490 e. The first-order chi connectivity index (χ1) is 23.9. The van der Waals surface area contributed by atoms with Gasteiger partial charge in [-0.15, -0.1) is 0 Å². The maximum absolute atomic E-state index is 14.8. The standard InChI is InChI=1S/C33H41FN8O7/c1-2-46-16-17-47-18-19-48-33(45)37-14-15-42(22-24-20-28(34)32(39-41-36)29(21-24)38-40-35)31(44)13-6-4-10-26(43)23-49-30-12-7-9-25-8-3-5-11-27(25)30/h3,5,7-9,11-12,20-21,26,43H,2,4,6,10,13-19,22-23H2,1H3,(H,37,45)/t26-/m0/s1. The van der Waals surface area contributed by atoms with Crippen molar-refractivity contribution < 1.29 is 38.0 Å². The first kappa shape index (κ1) is 38.3. The van der Waals surface area contributed by atoms with E-state index in [1.807, 2.05) is 49.4 Å². The van der Waals surface area contributed by atoms with E-state index in [1.165, 1.54) is 11.0 Å². The molecule has 3 rings (SSSR count). The molecule has 0 aliphatic carbocycles. The van der Waals surface area contributed by atoms with Crippen molar-refractivity contribution in [3.63, 3.8) is 0 Å². The number of halogens is 1. The molecule has 0 spiro atoms. The lowest BCUT2D eigenvalue weighted by molar-refractivity contribution is -0.132.